The maximum absolute atomic E-state index is 9.03. The summed E-state index contributed by atoms with van der Waals surface area (Å²) in [6.07, 6.45) is 2.58. The van der Waals surface area contributed by atoms with Gasteiger partial charge in [0.05, 0.1) is 26.1 Å². The molecule has 1 saturated heterocycles. The summed E-state index contributed by atoms with van der Waals surface area (Å²) in [5.74, 6) is 0.773. The summed E-state index contributed by atoms with van der Waals surface area (Å²) in [6.45, 7) is 0.858. The van der Waals surface area contributed by atoms with Gasteiger partial charge in [-0.3, -0.25) is 0 Å². The first kappa shape index (κ1) is 13.2. The number of imidazole rings is 1. The summed E-state index contributed by atoms with van der Waals surface area (Å²) < 4.78 is 12.9. The number of hydrogen-bond acceptors (Lipinski definition) is 7. The number of ether oxygens (including phenoxy) is 2. The number of nitrogens with zero attached hydrogens (tertiary/aromatic N) is 5. The van der Waals surface area contributed by atoms with Gasteiger partial charge in [-0.2, -0.15) is 0 Å². The summed E-state index contributed by atoms with van der Waals surface area (Å²) >= 11 is 0. The molecule has 2 aromatic heterocycles. The van der Waals surface area contributed by atoms with Crippen molar-refractivity contribution in [1.29, 1.82) is 0 Å². The SMILES string of the molecule is CN(C)c1ncnc2c1ncn2CC1OCC(CO)O1. The lowest BCUT2D eigenvalue weighted by Crippen LogP contribution is -2.20. The van der Waals surface area contributed by atoms with Crippen LogP contribution in [0.1, 0.15) is 0 Å². The highest BCUT2D eigenvalue weighted by molar-refractivity contribution is 5.82. The molecule has 3 heterocycles. The highest BCUT2D eigenvalue weighted by Crippen LogP contribution is 2.21. The molecule has 0 radical (unpaired) electrons. The quantitative estimate of drug-likeness (QED) is 0.817. The number of aromatic nitrogens is 4. The van der Waals surface area contributed by atoms with Crippen LogP contribution in [0, 0.1) is 0 Å². The van der Waals surface area contributed by atoms with Gasteiger partial charge in [0, 0.05) is 14.1 Å². The molecule has 2 aromatic rings. The molecule has 1 N–H and O–H groups in total. The Bertz CT molecular complexity index is 600. The van der Waals surface area contributed by atoms with Crippen molar-refractivity contribution in [1.82, 2.24) is 19.5 Å². The molecule has 8 nitrogen and oxygen atoms in total. The van der Waals surface area contributed by atoms with Gasteiger partial charge < -0.3 is 24.0 Å². The fourth-order valence-electron chi connectivity index (χ4n) is 2.19. The molecule has 1 aliphatic rings. The number of fused-ring (bicyclic) bond motifs is 1. The molecule has 0 amide bonds. The summed E-state index contributed by atoms with van der Waals surface area (Å²) in [5, 5.41) is 9.03. The zero-order valence-corrected chi connectivity index (χ0v) is 11.4. The Balaban J connectivity index is 1.84. The van der Waals surface area contributed by atoms with Crippen molar-refractivity contribution in [2.24, 2.45) is 0 Å². The van der Waals surface area contributed by atoms with Gasteiger partial charge in [0.1, 0.15) is 12.4 Å². The van der Waals surface area contributed by atoms with Crippen LogP contribution in [-0.2, 0) is 16.0 Å². The molecule has 1 fully saturated rings. The molecule has 0 bridgehead atoms. The summed E-state index contributed by atoms with van der Waals surface area (Å²) in [4.78, 5) is 14.7. The van der Waals surface area contributed by atoms with E-state index < -0.39 is 0 Å². The number of anilines is 1. The smallest absolute Gasteiger partial charge is 0.176 e. The summed E-state index contributed by atoms with van der Waals surface area (Å²) in [7, 11) is 3.83. The van der Waals surface area contributed by atoms with Crippen LogP contribution < -0.4 is 4.90 Å². The first-order valence-electron chi connectivity index (χ1n) is 6.40. The molecule has 108 valence electrons. The zero-order valence-electron chi connectivity index (χ0n) is 11.4. The predicted octanol–water partition coefficient (Wildman–Crippen LogP) is -0.374. The average Bonchev–Trinajstić information content (AvgIpc) is 3.06. The maximum Gasteiger partial charge on any atom is 0.176 e. The van der Waals surface area contributed by atoms with E-state index in [0.717, 1.165) is 17.0 Å². The molecule has 0 aromatic carbocycles. The van der Waals surface area contributed by atoms with Crippen molar-refractivity contribution < 1.29 is 14.6 Å². The van der Waals surface area contributed by atoms with Gasteiger partial charge >= 0.3 is 0 Å². The molecule has 2 atom stereocenters. The minimum atomic E-state index is -0.387. The van der Waals surface area contributed by atoms with Crippen molar-refractivity contribution in [3.8, 4) is 0 Å². The standard InChI is InChI=1S/C12H17N5O3/c1-16(2)11-10-12(14-6-13-11)17(7-15-10)3-9-19-5-8(4-18)20-9/h6-9,18H,3-5H2,1-2H3. The van der Waals surface area contributed by atoms with Crippen molar-refractivity contribution in [2.45, 2.75) is 18.9 Å². The van der Waals surface area contributed by atoms with E-state index in [0.29, 0.717) is 13.2 Å². The molecule has 20 heavy (non-hydrogen) atoms. The third kappa shape index (κ3) is 2.33. The van der Waals surface area contributed by atoms with Gasteiger partial charge in [-0.25, -0.2) is 15.0 Å². The molecule has 0 spiro atoms. The fraction of sp³-hybridized carbons (Fsp3) is 0.583. The molecular weight excluding hydrogens is 262 g/mol. The number of hydrogen-bond donors (Lipinski definition) is 1. The van der Waals surface area contributed by atoms with E-state index in [1.54, 1.807) is 6.33 Å². The molecule has 3 rings (SSSR count). The lowest BCUT2D eigenvalue weighted by Gasteiger charge is -2.13. The number of rotatable bonds is 4. The van der Waals surface area contributed by atoms with Gasteiger partial charge in [-0.15, -0.1) is 0 Å². The van der Waals surface area contributed by atoms with E-state index in [-0.39, 0.29) is 19.0 Å². The van der Waals surface area contributed by atoms with Gasteiger partial charge in [0.15, 0.2) is 23.3 Å². The van der Waals surface area contributed by atoms with Gasteiger partial charge in [0.2, 0.25) is 0 Å². The van der Waals surface area contributed by atoms with Crippen LogP contribution in [0.3, 0.4) is 0 Å². The third-order valence-electron chi connectivity index (χ3n) is 3.17. The van der Waals surface area contributed by atoms with E-state index in [9.17, 15) is 0 Å². The van der Waals surface area contributed by atoms with Gasteiger partial charge in [-0.05, 0) is 0 Å². The van der Waals surface area contributed by atoms with Crippen LogP contribution in [0.2, 0.25) is 0 Å². The first-order valence-corrected chi connectivity index (χ1v) is 6.40. The van der Waals surface area contributed by atoms with Gasteiger partial charge in [-0.1, -0.05) is 0 Å². The van der Waals surface area contributed by atoms with Crippen molar-refractivity contribution in [3.05, 3.63) is 12.7 Å². The van der Waals surface area contributed by atoms with Crippen molar-refractivity contribution in [2.75, 3.05) is 32.2 Å². The monoisotopic (exact) mass is 279 g/mol. The Morgan fingerprint density at radius 3 is 2.95 bits per heavy atom. The van der Waals surface area contributed by atoms with E-state index in [1.165, 1.54) is 6.33 Å². The molecule has 0 aliphatic carbocycles. The normalized spacial score (nSPS) is 22.6. The molecule has 0 saturated carbocycles. The van der Waals surface area contributed by atoms with Crippen LogP contribution in [0.25, 0.3) is 11.2 Å². The van der Waals surface area contributed by atoms with Gasteiger partial charge in [0.25, 0.3) is 0 Å². The van der Waals surface area contributed by atoms with Crippen molar-refractivity contribution in [3.63, 3.8) is 0 Å². The molecule has 8 heteroatoms. The molecular formula is C12H17N5O3. The Hall–Kier alpha value is -1.77. The topological polar surface area (TPSA) is 85.5 Å². The Morgan fingerprint density at radius 1 is 1.40 bits per heavy atom. The summed E-state index contributed by atoms with van der Waals surface area (Å²) in [5.41, 5.74) is 1.48. The molecule has 2 unspecified atom stereocenters. The van der Waals surface area contributed by atoms with Crippen LogP contribution >= 0.6 is 0 Å². The largest absolute Gasteiger partial charge is 0.394 e. The fourth-order valence-corrected chi connectivity index (χ4v) is 2.19. The van der Waals surface area contributed by atoms with Crippen LogP contribution in [0.15, 0.2) is 12.7 Å². The van der Waals surface area contributed by atoms with Crippen LogP contribution in [0.5, 0.6) is 0 Å². The minimum Gasteiger partial charge on any atom is -0.394 e. The lowest BCUT2D eigenvalue weighted by molar-refractivity contribution is -0.0736. The lowest BCUT2D eigenvalue weighted by atomic mass is 10.4. The van der Waals surface area contributed by atoms with Crippen LogP contribution in [-0.4, -0.2) is 64.3 Å². The zero-order chi connectivity index (χ0) is 14.1. The maximum atomic E-state index is 9.03. The highest BCUT2D eigenvalue weighted by atomic mass is 16.7. The van der Waals surface area contributed by atoms with Crippen LogP contribution in [0.4, 0.5) is 5.82 Å². The second-order valence-electron chi connectivity index (χ2n) is 4.86. The Labute approximate surface area is 116 Å². The first-order chi connectivity index (χ1) is 9.69. The molecule has 1 aliphatic heterocycles. The second-order valence-corrected chi connectivity index (χ2v) is 4.86. The van der Waals surface area contributed by atoms with E-state index in [2.05, 4.69) is 15.0 Å². The van der Waals surface area contributed by atoms with E-state index >= 15 is 0 Å². The third-order valence-corrected chi connectivity index (χ3v) is 3.17. The predicted molar refractivity (Wildman–Crippen MR) is 71.3 cm³/mol. The highest BCUT2D eigenvalue weighted by Gasteiger charge is 2.26. The minimum absolute atomic E-state index is 0.0336. The Morgan fingerprint density at radius 2 is 2.25 bits per heavy atom. The second kappa shape index (κ2) is 5.31. The Kier molecular flexibility index (Phi) is 3.51. The summed E-state index contributed by atoms with van der Waals surface area (Å²) in [6, 6.07) is 0. The van der Waals surface area contributed by atoms with E-state index in [1.807, 2.05) is 23.6 Å². The number of aliphatic hydroxyl groups is 1. The average molecular weight is 279 g/mol. The van der Waals surface area contributed by atoms with E-state index in [4.69, 9.17) is 14.6 Å². The van der Waals surface area contributed by atoms with Crippen molar-refractivity contribution >= 4 is 17.0 Å². The number of aliphatic hydroxyl groups excluding tert-OH is 1.